The molecule has 106 valence electrons. The molecule has 0 aliphatic carbocycles. The Balaban J connectivity index is 2.11. The number of hydrogen-bond acceptors (Lipinski definition) is 4. The highest BCUT2D eigenvalue weighted by Gasteiger charge is 2.08. The largest absolute Gasteiger partial charge is 0.384 e. The fourth-order valence-corrected chi connectivity index (χ4v) is 2.81. The van der Waals surface area contributed by atoms with Crippen molar-refractivity contribution in [2.45, 2.75) is 13.0 Å². The number of thiophene rings is 1. The minimum Gasteiger partial charge on any atom is -0.384 e. The molecular formula is C17H16N2OS. The Bertz CT molecular complexity index is 661. The van der Waals surface area contributed by atoms with E-state index < -0.39 is 0 Å². The molecule has 0 unspecified atom stereocenters. The predicted molar refractivity (Wildman–Crippen MR) is 86.0 cm³/mol. The third-order valence-electron chi connectivity index (χ3n) is 2.93. The van der Waals surface area contributed by atoms with Gasteiger partial charge in [0.25, 0.3) is 0 Å². The van der Waals surface area contributed by atoms with Crippen LogP contribution in [0.3, 0.4) is 0 Å². The van der Waals surface area contributed by atoms with Crippen molar-refractivity contribution in [2.75, 3.05) is 18.1 Å². The van der Waals surface area contributed by atoms with Crippen LogP contribution in [-0.2, 0) is 6.54 Å². The summed E-state index contributed by atoms with van der Waals surface area (Å²) in [7, 11) is 0. The van der Waals surface area contributed by atoms with Crippen LogP contribution in [0, 0.1) is 23.2 Å². The van der Waals surface area contributed by atoms with Crippen molar-refractivity contribution in [3.05, 3.63) is 52.2 Å². The second kappa shape index (κ2) is 8.11. The molecule has 0 radical (unpaired) electrons. The molecule has 0 atom stereocenters. The minimum atomic E-state index is -0.122. The van der Waals surface area contributed by atoms with Crippen LogP contribution in [0.5, 0.6) is 0 Å². The van der Waals surface area contributed by atoms with E-state index in [0.717, 1.165) is 17.8 Å². The summed E-state index contributed by atoms with van der Waals surface area (Å²) in [6, 6.07) is 14.3. The number of aliphatic hydroxyl groups excluding tert-OH is 1. The Kier molecular flexibility index (Phi) is 5.84. The first-order valence-electron chi connectivity index (χ1n) is 6.67. The Morgan fingerprint density at radius 2 is 2.05 bits per heavy atom. The number of nitriles is 1. The van der Waals surface area contributed by atoms with E-state index in [4.69, 9.17) is 10.4 Å². The van der Waals surface area contributed by atoms with Gasteiger partial charge >= 0.3 is 0 Å². The third-order valence-corrected chi connectivity index (χ3v) is 3.85. The normalized spacial score (nSPS) is 9.52. The van der Waals surface area contributed by atoms with Crippen LogP contribution in [0.25, 0.3) is 0 Å². The van der Waals surface area contributed by atoms with Gasteiger partial charge in [0, 0.05) is 28.1 Å². The molecule has 0 saturated heterocycles. The molecule has 0 saturated carbocycles. The Morgan fingerprint density at radius 3 is 2.76 bits per heavy atom. The van der Waals surface area contributed by atoms with Crippen LogP contribution in [0.15, 0.2) is 41.8 Å². The minimum absolute atomic E-state index is 0.122. The van der Waals surface area contributed by atoms with Gasteiger partial charge in [-0.2, -0.15) is 5.26 Å². The first kappa shape index (κ1) is 15.1. The van der Waals surface area contributed by atoms with Gasteiger partial charge in [-0.1, -0.05) is 30.0 Å². The van der Waals surface area contributed by atoms with E-state index >= 15 is 0 Å². The van der Waals surface area contributed by atoms with Crippen molar-refractivity contribution in [3.8, 4) is 17.9 Å². The Labute approximate surface area is 129 Å². The molecule has 0 fully saturated rings. The van der Waals surface area contributed by atoms with Gasteiger partial charge in [0.15, 0.2) is 0 Å². The van der Waals surface area contributed by atoms with Crippen molar-refractivity contribution in [2.24, 2.45) is 0 Å². The molecule has 0 bridgehead atoms. The number of rotatable bonds is 5. The smallest absolute Gasteiger partial charge is 0.104 e. The maximum absolute atomic E-state index is 8.81. The number of aliphatic hydroxyl groups is 1. The van der Waals surface area contributed by atoms with Crippen molar-refractivity contribution in [3.63, 3.8) is 0 Å². The number of para-hydroxylation sites is 1. The maximum atomic E-state index is 8.81. The monoisotopic (exact) mass is 296 g/mol. The van der Waals surface area contributed by atoms with E-state index in [0.29, 0.717) is 13.0 Å². The number of hydrogen-bond donors (Lipinski definition) is 1. The first-order chi connectivity index (χ1) is 10.3. The summed E-state index contributed by atoms with van der Waals surface area (Å²) in [6.07, 6.45) is 0.497. The van der Waals surface area contributed by atoms with E-state index in [2.05, 4.69) is 34.9 Å². The van der Waals surface area contributed by atoms with E-state index in [-0.39, 0.29) is 6.61 Å². The van der Waals surface area contributed by atoms with Crippen LogP contribution in [0.2, 0.25) is 0 Å². The standard InChI is InChI=1S/C17H16N2OS/c18-9-5-10-19(16-7-2-1-3-8-16)13-17-12-15(14-21-17)6-4-11-20/h1-3,7-8,12,14,20H,5,10-11,13H2. The predicted octanol–water partition coefficient (Wildman–Crippen LogP) is 3.01. The van der Waals surface area contributed by atoms with Gasteiger partial charge < -0.3 is 10.0 Å². The van der Waals surface area contributed by atoms with Gasteiger partial charge in [0.2, 0.25) is 0 Å². The summed E-state index contributed by atoms with van der Waals surface area (Å²) in [5.74, 6) is 5.56. The summed E-state index contributed by atoms with van der Waals surface area (Å²) in [5.41, 5.74) is 2.04. The number of anilines is 1. The van der Waals surface area contributed by atoms with Gasteiger partial charge in [-0.25, -0.2) is 0 Å². The zero-order valence-corrected chi connectivity index (χ0v) is 12.4. The SMILES string of the molecule is N#CCCN(Cc1cc(C#CCO)cs1)c1ccccc1. The summed E-state index contributed by atoms with van der Waals surface area (Å²) in [5, 5.41) is 19.5. The van der Waals surface area contributed by atoms with Crippen molar-refractivity contribution < 1.29 is 5.11 Å². The molecule has 0 amide bonds. The molecule has 0 spiro atoms. The molecule has 21 heavy (non-hydrogen) atoms. The average molecular weight is 296 g/mol. The summed E-state index contributed by atoms with van der Waals surface area (Å²) >= 11 is 1.65. The molecule has 0 aliphatic rings. The second-order valence-electron chi connectivity index (χ2n) is 4.43. The molecular weight excluding hydrogens is 280 g/mol. The van der Waals surface area contributed by atoms with Gasteiger partial charge in [0.05, 0.1) is 19.0 Å². The Hall–Kier alpha value is -2.27. The lowest BCUT2D eigenvalue weighted by Gasteiger charge is -2.23. The molecule has 4 heteroatoms. The van der Waals surface area contributed by atoms with E-state index in [1.807, 2.05) is 29.6 Å². The maximum Gasteiger partial charge on any atom is 0.104 e. The highest BCUT2D eigenvalue weighted by molar-refractivity contribution is 7.10. The van der Waals surface area contributed by atoms with Gasteiger partial charge in [0.1, 0.15) is 6.61 Å². The third kappa shape index (κ3) is 4.65. The fourth-order valence-electron chi connectivity index (χ4n) is 1.98. The molecule has 2 aromatic rings. The van der Waals surface area contributed by atoms with Crippen LogP contribution in [-0.4, -0.2) is 18.3 Å². The van der Waals surface area contributed by atoms with Crippen molar-refractivity contribution in [1.82, 2.24) is 0 Å². The Morgan fingerprint density at radius 1 is 1.24 bits per heavy atom. The van der Waals surface area contributed by atoms with Gasteiger partial charge in [-0.15, -0.1) is 11.3 Å². The topological polar surface area (TPSA) is 47.3 Å². The van der Waals surface area contributed by atoms with Crippen LogP contribution >= 0.6 is 11.3 Å². The fraction of sp³-hybridized carbons (Fsp3) is 0.235. The number of benzene rings is 1. The van der Waals surface area contributed by atoms with Crippen LogP contribution in [0.4, 0.5) is 5.69 Å². The quantitative estimate of drug-likeness (QED) is 0.863. The summed E-state index contributed by atoms with van der Waals surface area (Å²) in [4.78, 5) is 3.39. The second-order valence-corrected chi connectivity index (χ2v) is 5.42. The molecule has 3 nitrogen and oxygen atoms in total. The van der Waals surface area contributed by atoms with E-state index in [1.165, 1.54) is 4.88 Å². The lowest BCUT2D eigenvalue weighted by atomic mass is 10.2. The van der Waals surface area contributed by atoms with Crippen LogP contribution < -0.4 is 4.90 Å². The molecule has 1 N–H and O–H groups in total. The lowest BCUT2D eigenvalue weighted by molar-refractivity contribution is 0.350. The molecule has 2 rings (SSSR count). The first-order valence-corrected chi connectivity index (χ1v) is 7.55. The van der Waals surface area contributed by atoms with Gasteiger partial charge in [-0.3, -0.25) is 0 Å². The highest BCUT2D eigenvalue weighted by atomic mass is 32.1. The number of nitrogens with zero attached hydrogens (tertiary/aromatic N) is 2. The van der Waals surface area contributed by atoms with Crippen molar-refractivity contribution in [1.29, 1.82) is 5.26 Å². The molecule has 1 heterocycles. The average Bonchev–Trinajstić information content (AvgIpc) is 2.97. The highest BCUT2D eigenvalue weighted by Crippen LogP contribution is 2.21. The van der Waals surface area contributed by atoms with Crippen molar-refractivity contribution >= 4 is 17.0 Å². The van der Waals surface area contributed by atoms with Gasteiger partial charge in [-0.05, 0) is 18.2 Å². The molecule has 0 aliphatic heterocycles. The zero-order chi connectivity index (χ0) is 14.9. The molecule has 1 aromatic heterocycles. The summed E-state index contributed by atoms with van der Waals surface area (Å²) in [6.45, 7) is 1.34. The lowest BCUT2D eigenvalue weighted by Crippen LogP contribution is -2.23. The van der Waals surface area contributed by atoms with Crippen LogP contribution in [0.1, 0.15) is 16.9 Å². The summed E-state index contributed by atoms with van der Waals surface area (Å²) < 4.78 is 0. The van der Waals surface area contributed by atoms with E-state index in [1.54, 1.807) is 11.3 Å². The molecule has 1 aromatic carbocycles. The zero-order valence-electron chi connectivity index (χ0n) is 11.6. The van der Waals surface area contributed by atoms with E-state index in [9.17, 15) is 0 Å².